The lowest BCUT2D eigenvalue weighted by atomic mass is 10.00. The maximum atomic E-state index is 12.2. The van der Waals surface area contributed by atoms with Crippen LogP contribution in [-0.2, 0) is 76.7 Å². The van der Waals surface area contributed by atoms with Crippen LogP contribution in [0.4, 0.5) is 0 Å². The van der Waals surface area contributed by atoms with Gasteiger partial charge in [-0.25, -0.2) is 38.4 Å². The fraction of sp³-hybridized carbons (Fsp3) is 0.738. The number of carbonyl (C=O) groups excluding carboxylic acids is 8. The fourth-order valence-electron chi connectivity index (χ4n) is 8.39. The monoisotopic (exact) mass is 1670 g/mol. The van der Waals surface area contributed by atoms with Crippen LogP contribution in [0.15, 0.2) is 0 Å². The SMILES string of the molecule is CCC(CC(=O)NCC(O)C(=O)O)C(=O)NC(CSC)C(=O)O.CCC(CC(=O)NCC(O)C(O)C(O)C(O)C(=O)O)C(=O)N[C@@H](CSC)C(=O)O.CC[C@@H](CC(=O)NC[C@H](O)[C@@H](O)[C@H](O)[C@H](O)C(=O)O)C(=O)N[C@@H](CSC)C(=O)O.CC[C@H](CC(=O)NC[C@H](O)[C@@H](O)[C@H](O)[C@H](O)C(=O)O)C(=O)N[C@@H](CSC)C(=O)O. The van der Waals surface area contributed by atoms with Gasteiger partial charge in [0.15, 0.2) is 24.4 Å². The minimum Gasteiger partial charge on any atom is -0.480 e. The average molecular weight is 1670 g/mol. The Hall–Kier alpha value is -7.60. The number of aliphatic carboxylic acids is 8. The van der Waals surface area contributed by atoms with Crippen LogP contribution in [0.25, 0.3) is 0 Å². The number of amides is 8. The third-order valence-corrected chi connectivity index (χ3v) is 17.9. The lowest BCUT2D eigenvalue weighted by Gasteiger charge is -2.25. The number of aliphatic hydroxyl groups excluding tert-OH is 13. The van der Waals surface area contributed by atoms with Gasteiger partial charge in [0.2, 0.25) is 47.3 Å². The highest BCUT2D eigenvalue weighted by molar-refractivity contribution is 7.99. The van der Waals surface area contributed by atoms with Crippen molar-refractivity contribution in [2.75, 3.05) is 74.2 Å². The second kappa shape index (κ2) is 59.2. The number of nitrogens with one attached hydrogen (secondary N) is 8. The van der Waals surface area contributed by atoms with E-state index in [1.54, 1.807) is 52.7 Å². The molecule has 0 spiro atoms. The maximum absolute atomic E-state index is 12.2. The summed E-state index contributed by atoms with van der Waals surface area (Å²) in [5.74, 6) is -19.3. The maximum Gasteiger partial charge on any atom is 0.335 e. The summed E-state index contributed by atoms with van der Waals surface area (Å²) >= 11 is 4.96. The number of hydrogen-bond acceptors (Lipinski definition) is 33. The third-order valence-electron chi connectivity index (χ3n) is 15.2. The molecule has 0 radical (unpaired) electrons. The van der Waals surface area contributed by atoms with Crippen LogP contribution in [-0.4, -0.2) is 380 Å². The molecule has 8 unspecified atom stereocenters. The van der Waals surface area contributed by atoms with Crippen molar-refractivity contribution in [3.8, 4) is 0 Å². The second-order valence-corrected chi connectivity index (χ2v) is 27.4. The molecule has 0 bridgehead atoms. The molecule has 0 fully saturated rings. The van der Waals surface area contributed by atoms with Crippen molar-refractivity contribution in [1.82, 2.24) is 42.5 Å². The number of thioether (sulfide) groups is 4. The van der Waals surface area contributed by atoms with Crippen LogP contribution in [0.1, 0.15) is 79.1 Å². The molecule has 45 nitrogen and oxygen atoms in total. The Balaban J connectivity index is -0.000000684. The predicted molar refractivity (Wildman–Crippen MR) is 386 cm³/mol. The summed E-state index contributed by atoms with van der Waals surface area (Å²) in [6.07, 6.45) is -20.2. The molecule has 0 aromatic rings. The number of carbonyl (C=O) groups is 16. The van der Waals surface area contributed by atoms with Crippen molar-refractivity contribution in [2.24, 2.45) is 23.7 Å². The van der Waals surface area contributed by atoms with E-state index < -0.39 is 248 Å². The first-order chi connectivity index (χ1) is 51.1. The molecule has 636 valence electrons. The summed E-state index contributed by atoms with van der Waals surface area (Å²) in [6, 6.07) is -4.35. The van der Waals surface area contributed by atoms with Crippen molar-refractivity contribution in [1.29, 1.82) is 0 Å². The van der Waals surface area contributed by atoms with Gasteiger partial charge in [0.1, 0.15) is 60.8 Å². The van der Waals surface area contributed by atoms with E-state index in [4.69, 9.17) is 61.3 Å². The highest BCUT2D eigenvalue weighted by Crippen LogP contribution is 2.16. The summed E-state index contributed by atoms with van der Waals surface area (Å²) in [7, 11) is 0. The Labute approximate surface area is 646 Å². The molecule has 29 N–H and O–H groups in total. The van der Waals surface area contributed by atoms with E-state index >= 15 is 0 Å². The van der Waals surface area contributed by atoms with E-state index in [0.717, 1.165) is 0 Å². The Morgan fingerprint density at radius 1 is 0.264 bits per heavy atom. The molecule has 0 aliphatic heterocycles. The minimum atomic E-state index is -2.33. The van der Waals surface area contributed by atoms with Crippen molar-refractivity contribution in [3.63, 3.8) is 0 Å². The Kier molecular flexibility index (Phi) is 58.5. The third kappa shape index (κ3) is 45.0. The zero-order chi connectivity index (χ0) is 86.2. The number of carboxylic acids is 8. The number of aliphatic hydroxyl groups is 13. The lowest BCUT2D eigenvalue weighted by Crippen LogP contribution is -2.51. The van der Waals surface area contributed by atoms with E-state index in [1.807, 2.05) is 0 Å². The summed E-state index contributed by atoms with van der Waals surface area (Å²) in [4.78, 5) is 183. The molecule has 0 aromatic heterocycles. The van der Waals surface area contributed by atoms with Gasteiger partial charge in [-0.3, -0.25) is 38.4 Å². The van der Waals surface area contributed by atoms with Gasteiger partial charge in [-0.05, 0) is 50.7 Å². The quantitative estimate of drug-likeness (QED) is 0.0269. The minimum absolute atomic E-state index is 0.151. The molecule has 0 aromatic carbocycles. The molecule has 0 saturated carbocycles. The normalized spacial score (nSPS) is 16.7. The van der Waals surface area contributed by atoms with Crippen molar-refractivity contribution in [3.05, 3.63) is 0 Å². The Morgan fingerprint density at radius 2 is 0.445 bits per heavy atom. The molecular weight excluding hydrogens is 1560 g/mol. The van der Waals surface area contributed by atoms with Crippen LogP contribution in [0.2, 0.25) is 0 Å². The summed E-state index contributed by atoms with van der Waals surface area (Å²) in [5, 5.41) is 212. The second-order valence-electron chi connectivity index (χ2n) is 23.7. The largest absolute Gasteiger partial charge is 0.480 e. The van der Waals surface area contributed by atoms with Crippen LogP contribution >= 0.6 is 47.0 Å². The van der Waals surface area contributed by atoms with Crippen LogP contribution in [0, 0.1) is 23.7 Å². The van der Waals surface area contributed by atoms with Gasteiger partial charge < -0.3 is 150 Å². The van der Waals surface area contributed by atoms with Crippen LogP contribution in [0.5, 0.6) is 0 Å². The van der Waals surface area contributed by atoms with Gasteiger partial charge in [-0.15, -0.1) is 0 Å². The van der Waals surface area contributed by atoms with Crippen LogP contribution in [0.3, 0.4) is 0 Å². The molecule has 49 heteroatoms. The first-order valence-corrected chi connectivity index (χ1v) is 38.6. The standard InChI is InChI=1S/3C16H28N2O10S.C13H22N2O7S/c3*1-3-7(14(24)18-8(6-29-2)15(25)26)4-10(20)17-5-9(19)11(21)12(22)13(23)16(27)28;1-3-7(4-10(17)14-5-9(16)13(21)22)11(18)15-8(6-23-2)12(19)20/h3*7-9,11-13,19,21-23H,3-6H2,1-2H3,(H,17,20)(H,18,24)(H,25,26)(H,27,28);7-9,16H,3-6H2,1-2H3,(H,14,17)(H,15,18)(H,19,20)(H,21,22)/t7?,8-,9?,11?,12?,13?;7-,8+,9+,11-,12+,13+;7-,8-,9-,11+,12-,13-;/m010./s1. The topological polar surface area (TPSA) is 794 Å². The van der Waals surface area contributed by atoms with E-state index in [9.17, 15) is 123 Å². The van der Waals surface area contributed by atoms with E-state index in [2.05, 4.69) is 42.5 Å². The first-order valence-electron chi connectivity index (χ1n) is 33.0. The molecule has 8 amide bonds. The van der Waals surface area contributed by atoms with E-state index in [-0.39, 0.29) is 68.0 Å². The molecule has 21 atom stereocenters. The predicted octanol–water partition coefficient (Wildman–Crippen LogP) is -10.2. The molecule has 0 rings (SSSR count). The lowest BCUT2D eigenvalue weighted by molar-refractivity contribution is -0.163. The van der Waals surface area contributed by atoms with Gasteiger partial charge in [-0.2, -0.15) is 47.0 Å². The summed E-state index contributed by atoms with van der Waals surface area (Å²) < 4.78 is 0. The van der Waals surface area contributed by atoms with Gasteiger partial charge in [0, 0.05) is 92.0 Å². The molecule has 0 aliphatic rings. The molecule has 110 heavy (non-hydrogen) atoms. The summed E-state index contributed by atoms with van der Waals surface area (Å²) in [5.41, 5.74) is 0. The molecule has 0 saturated heterocycles. The van der Waals surface area contributed by atoms with Crippen LogP contribution < -0.4 is 42.5 Å². The number of rotatable bonds is 53. The van der Waals surface area contributed by atoms with Crippen molar-refractivity contribution in [2.45, 2.75) is 183 Å². The van der Waals surface area contributed by atoms with Gasteiger partial charge in [0.25, 0.3) is 0 Å². The molecule has 0 aliphatic carbocycles. The Morgan fingerprint density at radius 3 is 0.591 bits per heavy atom. The highest BCUT2D eigenvalue weighted by atomic mass is 32.2. The van der Waals surface area contributed by atoms with Gasteiger partial charge in [0.05, 0.1) is 24.9 Å². The summed E-state index contributed by atoms with van der Waals surface area (Å²) in [6.45, 7) is 4.37. The molecule has 0 heterocycles. The van der Waals surface area contributed by atoms with Crippen molar-refractivity contribution < 1.29 is 184 Å². The average Bonchev–Trinajstić information content (AvgIpc) is 0.754. The molecular formula is C61H106N8O37S4. The van der Waals surface area contributed by atoms with Gasteiger partial charge in [-0.1, -0.05) is 27.7 Å². The highest BCUT2D eigenvalue weighted by Gasteiger charge is 2.39. The van der Waals surface area contributed by atoms with E-state index in [0.29, 0.717) is 6.42 Å². The zero-order valence-electron chi connectivity index (χ0n) is 61.0. The van der Waals surface area contributed by atoms with Crippen molar-refractivity contribution >= 4 is 142 Å². The van der Waals surface area contributed by atoms with E-state index in [1.165, 1.54) is 47.0 Å². The number of hydrogen-bond donors (Lipinski definition) is 29. The first kappa shape index (κ1) is 109. The van der Waals surface area contributed by atoms with Gasteiger partial charge >= 0.3 is 47.8 Å². The Bertz CT molecular complexity index is 2680. The number of carboxylic acid groups (broad SMARTS) is 8. The zero-order valence-corrected chi connectivity index (χ0v) is 64.3. The smallest absolute Gasteiger partial charge is 0.335 e. The fourth-order valence-corrected chi connectivity index (χ4v) is 10.6.